The summed E-state index contributed by atoms with van der Waals surface area (Å²) in [6, 6.07) is 10.1. The Hall–Kier alpha value is -1.88. The Labute approximate surface area is 139 Å². The molecule has 0 unspecified atom stereocenters. The molecule has 0 bridgehead atoms. The van der Waals surface area contributed by atoms with E-state index in [-0.39, 0.29) is 23.2 Å². The molecule has 0 radical (unpaired) electrons. The van der Waals surface area contributed by atoms with Crippen molar-refractivity contribution in [1.82, 2.24) is 4.90 Å². The SMILES string of the molecule is COC(=O)[C@@H]1CC12CCN(C(=O)c1cc3ccccc3s1)CC2. The predicted octanol–water partition coefficient (Wildman–Crippen LogP) is 3.32. The number of hydrogen-bond acceptors (Lipinski definition) is 4. The van der Waals surface area contributed by atoms with Crippen molar-refractivity contribution in [2.45, 2.75) is 19.3 Å². The van der Waals surface area contributed by atoms with Gasteiger partial charge in [-0.05, 0) is 42.2 Å². The van der Waals surface area contributed by atoms with Crippen molar-refractivity contribution in [3.05, 3.63) is 35.2 Å². The molecule has 4 nitrogen and oxygen atoms in total. The minimum absolute atomic E-state index is 0.0501. The fraction of sp³-hybridized carbons (Fsp3) is 0.444. The van der Waals surface area contributed by atoms with Crippen molar-refractivity contribution < 1.29 is 14.3 Å². The van der Waals surface area contributed by atoms with Crippen LogP contribution in [0.3, 0.4) is 0 Å². The zero-order valence-electron chi connectivity index (χ0n) is 13.1. The third-order valence-corrected chi connectivity index (χ3v) is 6.46. The maximum Gasteiger partial charge on any atom is 0.309 e. The monoisotopic (exact) mass is 329 g/mol. The summed E-state index contributed by atoms with van der Waals surface area (Å²) < 4.78 is 6.01. The first kappa shape index (κ1) is 14.7. The number of carbonyl (C=O) groups is 2. The maximum absolute atomic E-state index is 12.7. The van der Waals surface area contributed by atoms with E-state index in [1.165, 1.54) is 7.11 Å². The molecule has 2 aliphatic rings. The Morgan fingerprint density at radius 3 is 2.70 bits per heavy atom. The molecule has 2 fully saturated rings. The van der Waals surface area contributed by atoms with Gasteiger partial charge in [0, 0.05) is 17.8 Å². The molecule has 1 saturated heterocycles. The molecule has 4 rings (SSSR count). The minimum Gasteiger partial charge on any atom is -0.469 e. The number of fused-ring (bicyclic) bond motifs is 1. The van der Waals surface area contributed by atoms with Crippen LogP contribution in [-0.4, -0.2) is 37.0 Å². The van der Waals surface area contributed by atoms with Crippen molar-refractivity contribution >= 4 is 33.3 Å². The van der Waals surface area contributed by atoms with Gasteiger partial charge in [0.1, 0.15) is 0 Å². The summed E-state index contributed by atoms with van der Waals surface area (Å²) in [5, 5.41) is 1.13. The van der Waals surface area contributed by atoms with Crippen LogP contribution < -0.4 is 0 Å². The highest BCUT2D eigenvalue weighted by atomic mass is 32.1. The number of carbonyl (C=O) groups excluding carboxylic acids is 2. The highest BCUT2D eigenvalue weighted by Gasteiger charge is 2.59. The number of benzene rings is 1. The lowest BCUT2D eigenvalue weighted by Gasteiger charge is -2.32. The molecule has 23 heavy (non-hydrogen) atoms. The van der Waals surface area contributed by atoms with Gasteiger partial charge >= 0.3 is 5.97 Å². The van der Waals surface area contributed by atoms with E-state index in [0.717, 1.165) is 47.3 Å². The van der Waals surface area contributed by atoms with Crippen LogP contribution in [0, 0.1) is 11.3 Å². The Balaban J connectivity index is 1.44. The van der Waals surface area contributed by atoms with E-state index in [0.29, 0.717) is 0 Å². The number of piperidine rings is 1. The number of likely N-dealkylation sites (tertiary alicyclic amines) is 1. The van der Waals surface area contributed by atoms with E-state index < -0.39 is 0 Å². The van der Waals surface area contributed by atoms with E-state index in [1.54, 1.807) is 11.3 Å². The Morgan fingerprint density at radius 2 is 2.00 bits per heavy atom. The van der Waals surface area contributed by atoms with E-state index in [4.69, 9.17) is 4.74 Å². The van der Waals surface area contributed by atoms with Crippen LogP contribution in [0.5, 0.6) is 0 Å². The van der Waals surface area contributed by atoms with Crippen LogP contribution in [0.15, 0.2) is 30.3 Å². The second-order valence-corrected chi connectivity index (χ2v) is 7.67. The molecule has 1 aliphatic carbocycles. The average Bonchev–Trinajstić information content (AvgIpc) is 3.10. The van der Waals surface area contributed by atoms with Gasteiger partial charge < -0.3 is 9.64 Å². The van der Waals surface area contributed by atoms with E-state index in [1.807, 2.05) is 35.2 Å². The van der Waals surface area contributed by atoms with Crippen LogP contribution >= 0.6 is 11.3 Å². The highest BCUT2D eigenvalue weighted by Crippen LogP contribution is 2.59. The molecule has 1 atom stereocenters. The first-order chi connectivity index (χ1) is 11.1. The second kappa shape index (κ2) is 5.34. The zero-order chi connectivity index (χ0) is 16.0. The van der Waals surface area contributed by atoms with Gasteiger partial charge in [-0.1, -0.05) is 18.2 Å². The summed E-state index contributed by atoms with van der Waals surface area (Å²) in [5.74, 6) is 0.0830. The molecule has 1 amide bonds. The van der Waals surface area contributed by atoms with E-state index >= 15 is 0 Å². The number of esters is 1. The summed E-state index contributed by atoms with van der Waals surface area (Å²) in [5.41, 5.74) is 0.101. The predicted molar refractivity (Wildman–Crippen MR) is 89.5 cm³/mol. The maximum atomic E-state index is 12.7. The van der Waals surface area contributed by atoms with Crippen molar-refractivity contribution in [2.75, 3.05) is 20.2 Å². The van der Waals surface area contributed by atoms with Gasteiger partial charge in [0.25, 0.3) is 5.91 Å². The van der Waals surface area contributed by atoms with E-state index in [9.17, 15) is 9.59 Å². The van der Waals surface area contributed by atoms with Gasteiger partial charge in [-0.15, -0.1) is 11.3 Å². The molecule has 2 aromatic rings. The summed E-state index contributed by atoms with van der Waals surface area (Å²) in [4.78, 5) is 27.1. The summed E-state index contributed by atoms with van der Waals surface area (Å²) in [6.07, 6.45) is 2.73. The van der Waals surface area contributed by atoms with Crippen molar-refractivity contribution in [3.63, 3.8) is 0 Å². The quantitative estimate of drug-likeness (QED) is 0.794. The number of rotatable bonds is 2. The molecule has 1 aromatic heterocycles. The fourth-order valence-electron chi connectivity index (χ4n) is 3.77. The molecule has 1 spiro atoms. The lowest BCUT2D eigenvalue weighted by Crippen LogP contribution is -2.39. The lowest BCUT2D eigenvalue weighted by atomic mass is 9.90. The molecule has 1 aromatic carbocycles. The Bertz CT molecular complexity index is 740. The Kier molecular flexibility index (Phi) is 3.41. The van der Waals surface area contributed by atoms with Gasteiger partial charge in [-0.2, -0.15) is 0 Å². The first-order valence-corrected chi connectivity index (χ1v) is 8.80. The third kappa shape index (κ3) is 2.43. The fourth-order valence-corrected chi connectivity index (χ4v) is 4.80. The van der Waals surface area contributed by atoms with Gasteiger partial charge in [0.15, 0.2) is 0 Å². The van der Waals surface area contributed by atoms with Crippen LogP contribution in [0.25, 0.3) is 10.1 Å². The standard InChI is InChI=1S/C18H19NO3S/c1-22-17(21)13-11-18(13)6-8-19(9-7-18)16(20)15-10-12-4-2-3-5-14(12)23-15/h2-5,10,13H,6-9,11H2,1H3/t13-/m0/s1. The van der Waals surface area contributed by atoms with Crippen molar-refractivity contribution in [3.8, 4) is 0 Å². The van der Waals surface area contributed by atoms with Gasteiger partial charge in [0.2, 0.25) is 0 Å². The van der Waals surface area contributed by atoms with Gasteiger partial charge in [0.05, 0.1) is 17.9 Å². The molecule has 2 heterocycles. The van der Waals surface area contributed by atoms with Gasteiger partial charge in [-0.25, -0.2) is 0 Å². The van der Waals surface area contributed by atoms with Crippen molar-refractivity contribution in [2.24, 2.45) is 11.3 Å². The number of hydrogen-bond donors (Lipinski definition) is 0. The molecule has 1 aliphatic heterocycles. The molecular formula is C18H19NO3S. The normalized spacial score (nSPS) is 22.3. The first-order valence-electron chi connectivity index (χ1n) is 7.99. The summed E-state index contributed by atoms with van der Waals surface area (Å²) in [6.45, 7) is 1.47. The van der Waals surface area contributed by atoms with Crippen LogP contribution in [0.2, 0.25) is 0 Å². The summed E-state index contributed by atoms with van der Waals surface area (Å²) >= 11 is 1.56. The second-order valence-electron chi connectivity index (χ2n) is 6.58. The number of amides is 1. The highest BCUT2D eigenvalue weighted by molar-refractivity contribution is 7.20. The largest absolute Gasteiger partial charge is 0.469 e. The number of ether oxygens (including phenoxy) is 1. The molecule has 120 valence electrons. The van der Waals surface area contributed by atoms with Crippen LogP contribution in [0.4, 0.5) is 0 Å². The molecule has 5 heteroatoms. The minimum atomic E-state index is -0.0886. The lowest BCUT2D eigenvalue weighted by molar-refractivity contribution is -0.143. The zero-order valence-corrected chi connectivity index (χ0v) is 13.9. The topological polar surface area (TPSA) is 46.6 Å². The third-order valence-electron chi connectivity index (χ3n) is 5.36. The number of thiophene rings is 1. The molecule has 1 saturated carbocycles. The smallest absolute Gasteiger partial charge is 0.309 e. The molecule has 0 N–H and O–H groups in total. The van der Waals surface area contributed by atoms with Crippen molar-refractivity contribution in [1.29, 1.82) is 0 Å². The Morgan fingerprint density at radius 1 is 1.26 bits per heavy atom. The average molecular weight is 329 g/mol. The number of nitrogens with zero attached hydrogens (tertiary/aromatic N) is 1. The van der Waals surface area contributed by atoms with E-state index in [2.05, 4.69) is 0 Å². The summed E-state index contributed by atoms with van der Waals surface area (Å²) in [7, 11) is 1.45. The van der Waals surface area contributed by atoms with Crippen LogP contribution in [-0.2, 0) is 9.53 Å². The molecular weight excluding hydrogens is 310 g/mol. The number of methoxy groups -OCH3 is 1. The van der Waals surface area contributed by atoms with Crippen LogP contribution in [0.1, 0.15) is 28.9 Å². The van der Waals surface area contributed by atoms with Gasteiger partial charge in [-0.3, -0.25) is 9.59 Å².